The Labute approximate surface area is 134 Å². The summed E-state index contributed by atoms with van der Waals surface area (Å²) in [5.74, 6) is 0.635. The summed E-state index contributed by atoms with van der Waals surface area (Å²) in [6.07, 6.45) is 4.52. The number of nitro groups is 1. The highest BCUT2D eigenvalue weighted by Crippen LogP contribution is 2.30. The SMILES string of the molecule is COc1ccc([N+](=O)[O-])c(C2=NN(C(=O)C3CCCC3)CC2)c1. The Morgan fingerprint density at radius 3 is 2.78 bits per heavy atom. The van der Waals surface area contributed by atoms with Crippen molar-refractivity contribution in [3.63, 3.8) is 0 Å². The number of carbonyl (C=O) groups is 1. The Bertz CT molecular complexity index is 665. The van der Waals surface area contributed by atoms with Crippen LogP contribution < -0.4 is 4.74 Å². The maximum atomic E-state index is 12.4. The lowest BCUT2D eigenvalue weighted by molar-refractivity contribution is -0.385. The van der Waals surface area contributed by atoms with Crippen LogP contribution >= 0.6 is 0 Å². The lowest BCUT2D eigenvalue weighted by Crippen LogP contribution is -2.29. The number of hydrogen-bond donors (Lipinski definition) is 0. The van der Waals surface area contributed by atoms with Crippen molar-refractivity contribution in [2.75, 3.05) is 13.7 Å². The Kier molecular flexibility index (Phi) is 4.27. The summed E-state index contributed by atoms with van der Waals surface area (Å²) in [5, 5.41) is 17.1. The third kappa shape index (κ3) is 3.04. The van der Waals surface area contributed by atoms with Crippen LogP contribution in [0.3, 0.4) is 0 Å². The molecule has 1 aliphatic heterocycles. The van der Waals surface area contributed by atoms with Crippen molar-refractivity contribution in [1.29, 1.82) is 0 Å². The molecule has 2 aliphatic rings. The fourth-order valence-electron chi connectivity index (χ4n) is 3.22. The number of nitrogens with zero attached hydrogens (tertiary/aromatic N) is 3. The van der Waals surface area contributed by atoms with Crippen LogP contribution in [0.2, 0.25) is 0 Å². The van der Waals surface area contributed by atoms with Crippen LogP contribution in [0.1, 0.15) is 37.7 Å². The average Bonchev–Trinajstić information content (AvgIpc) is 3.25. The van der Waals surface area contributed by atoms with E-state index in [2.05, 4.69) is 5.10 Å². The Morgan fingerprint density at radius 2 is 2.13 bits per heavy atom. The average molecular weight is 317 g/mol. The molecule has 0 saturated heterocycles. The molecule has 1 aromatic rings. The molecular weight excluding hydrogens is 298 g/mol. The molecule has 1 aromatic carbocycles. The minimum absolute atomic E-state index is 0.0142. The first-order chi connectivity index (χ1) is 11.1. The quantitative estimate of drug-likeness (QED) is 0.631. The second-order valence-corrected chi connectivity index (χ2v) is 5.88. The number of amides is 1. The van der Waals surface area contributed by atoms with Gasteiger partial charge in [-0.15, -0.1) is 0 Å². The van der Waals surface area contributed by atoms with E-state index in [0.29, 0.717) is 30.0 Å². The van der Waals surface area contributed by atoms with Crippen molar-refractivity contribution in [3.8, 4) is 5.75 Å². The summed E-state index contributed by atoms with van der Waals surface area (Å²) < 4.78 is 5.15. The van der Waals surface area contributed by atoms with E-state index < -0.39 is 4.92 Å². The molecule has 0 bridgehead atoms. The number of hydrazone groups is 1. The highest BCUT2D eigenvalue weighted by atomic mass is 16.6. The van der Waals surface area contributed by atoms with Gasteiger partial charge in [-0.3, -0.25) is 14.9 Å². The number of hydrogen-bond acceptors (Lipinski definition) is 5. The molecule has 1 aliphatic carbocycles. The summed E-state index contributed by atoms with van der Waals surface area (Å²) in [4.78, 5) is 23.2. The van der Waals surface area contributed by atoms with E-state index in [0.717, 1.165) is 25.7 Å². The minimum atomic E-state index is -0.432. The van der Waals surface area contributed by atoms with Crippen LogP contribution in [0, 0.1) is 16.0 Å². The van der Waals surface area contributed by atoms with Gasteiger partial charge in [-0.2, -0.15) is 5.10 Å². The largest absolute Gasteiger partial charge is 0.497 e. The molecule has 0 aromatic heterocycles. The number of methoxy groups -OCH3 is 1. The highest BCUT2D eigenvalue weighted by molar-refractivity contribution is 6.06. The van der Waals surface area contributed by atoms with Crippen LogP contribution in [-0.2, 0) is 4.79 Å². The zero-order chi connectivity index (χ0) is 16.4. The van der Waals surface area contributed by atoms with Crippen LogP contribution in [0.15, 0.2) is 23.3 Å². The molecule has 0 atom stereocenters. The van der Waals surface area contributed by atoms with Crippen molar-refractivity contribution >= 4 is 17.3 Å². The van der Waals surface area contributed by atoms with Gasteiger partial charge in [0, 0.05) is 18.4 Å². The lowest BCUT2D eigenvalue weighted by atomic mass is 10.1. The third-order valence-electron chi connectivity index (χ3n) is 4.47. The van der Waals surface area contributed by atoms with Crippen LogP contribution in [0.25, 0.3) is 0 Å². The number of carbonyl (C=O) groups excluding carboxylic acids is 1. The molecule has 7 heteroatoms. The van der Waals surface area contributed by atoms with Gasteiger partial charge in [-0.05, 0) is 25.0 Å². The van der Waals surface area contributed by atoms with Gasteiger partial charge in [0.2, 0.25) is 5.91 Å². The van der Waals surface area contributed by atoms with Gasteiger partial charge in [-0.25, -0.2) is 5.01 Å². The zero-order valence-corrected chi connectivity index (χ0v) is 13.0. The minimum Gasteiger partial charge on any atom is -0.497 e. The fourth-order valence-corrected chi connectivity index (χ4v) is 3.22. The zero-order valence-electron chi connectivity index (χ0n) is 13.0. The van der Waals surface area contributed by atoms with E-state index in [-0.39, 0.29) is 17.5 Å². The van der Waals surface area contributed by atoms with Crippen LogP contribution in [-0.4, -0.2) is 35.2 Å². The molecule has 3 rings (SSSR count). The van der Waals surface area contributed by atoms with Gasteiger partial charge >= 0.3 is 0 Å². The third-order valence-corrected chi connectivity index (χ3v) is 4.47. The molecule has 7 nitrogen and oxygen atoms in total. The number of nitro benzene ring substituents is 1. The first-order valence-corrected chi connectivity index (χ1v) is 7.82. The molecule has 0 unspecified atom stereocenters. The van der Waals surface area contributed by atoms with Crippen LogP contribution in [0.5, 0.6) is 5.75 Å². The molecule has 0 spiro atoms. The number of benzene rings is 1. The van der Waals surface area contributed by atoms with E-state index in [1.54, 1.807) is 12.1 Å². The van der Waals surface area contributed by atoms with Gasteiger partial charge < -0.3 is 4.74 Å². The Hall–Kier alpha value is -2.44. The number of ether oxygens (including phenoxy) is 1. The summed E-state index contributed by atoms with van der Waals surface area (Å²) in [6.45, 7) is 0.485. The van der Waals surface area contributed by atoms with Gasteiger partial charge in [-0.1, -0.05) is 12.8 Å². The topological polar surface area (TPSA) is 85.0 Å². The molecule has 0 N–H and O–H groups in total. The molecule has 1 amide bonds. The molecule has 1 saturated carbocycles. The normalized spacial score (nSPS) is 18.1. The van der Waals surface area contributed by atoms with Crippen molar-refractivity contribution < 1.29 is 14.5 Å². The monoisotopic (exact) mass is 317 g/mol. The van der Waals surface area contributed by atoms with Gasteiger partial charge in [0.25, 0.3) is 5.69 Å². The predicted molar refractivity (Wildman–Crippen MR) is 84.5 cm³/mol. The summed E-state index contributed by atoms with van der Waals surface area (Å²) >= 11 is 0. The molecule has 23 heavy (non-hydrogen) atoms. The van der Waals surface area contributed by atoms with Gasteiger partial charge in [0.1, 0.15) is 5.75 Å². The Balaban J connectivity index is 1.88. The van der Waals surface area contributed by atoms with E-state index in [1.165, 1.54) is 18.2 Å². The fraction of sp³-hybridized carbons (Fsp3) is 0.500. The standard InChI is InChI=1S/C16H19N3O4/c1-23-12-6-7-15(19(21)22)13(10-12)14-8-9-18(17-14)16(20)11-4-2-3-5-11/h6-7,10-11H,2-5,8-9H2,1H3. The van der Waals surface area contributed by atoms with Crippen molar-refractivity contribution in [2.45, 2.75) is 32.1 Å². The van der Waals surface area contributed by atoms with E-state index in [4.69, 9.17) is 4.74 Å². The summed E-state index contributed by atoms with van der Waals surface area (Å²) in [5.41, 5.74) is 0.984. The second-order valence-electron chi connectivity index (χ2n) is 5.88. The first-order valence-electron chi connectivity index (χ1n) is 7.82. The first kappa shape index (κ1) is 15.5. The smallest absolute Gasteiger partial charge is 0.278 e. The highest BCUT2D eigenvalue weighted by Gasteiger charge is 2.31. The molecule has 1 heterocycles. The predicted octanol–water partition coefficient (Wildman–Crippen LogP) is 2.73. The molecule has 0 radical (unpaired) electrons. The summed E-state index contributed by atoms with van der Waals surface area (Å²) in [6, 6.07) is 4.58. The molecule has 1 fully saturated rings. The second kappa shape index (κ2) is 6.36. The maximum absolute atomic E-state index is 12.4. The van der Waals surface area contributed by atoms with Crippen LogP contribution in [0.4, 0.5) is 5.69 Å². The van der Waals surface area contributed by atoms with E-state index in [9.17, 15) is 14.9 Å². The van der Waals surface area contributed by atoms with Gasteiger partial charge in [0.05, 0.1) is 29.9 Å². The number of rotatable bonds is 4. The van der Waals surface area contributed by atoms with E-state index in [1.807, 2.05) is 0 Å². The van der Waals surface area contributed by atoms with Crippen molar-refractivity contribution in [1.82, 2.24) is 5.01 Å². The van der Waals surface area contributed by atoms with Gasteiger partial charge in [0.15, 0.2) is 0 Å². The lowest BCUT2D eigenvalue weighted by Gasteiger charge is -2.15. The van der Waals surface area contributed by atoms with E-state index >= 15 is 0 Å². The molecule has 122 valence electrons. The maximum Gasteiger partial charge on any atom is 0.278 e. The molecular formula is C16H19N3O4. The van der Waals surface area contributed by atoms with Crippen molar-refractivity contribution in [2.24, 2.45) is 11.0 Å². The summed E-state index contributed by atoms with van der Waals surface area (Å²) in [7, 11) is 1.51. The Morgan fingerprint density at radius 1 is 1.39 bits per heavy atom. The van der Waals surface area contributed by atoms with Crippen molar-refractivity contribution in [3.05, 3.63) is 33.9 Å².